The quantitative estimate of drug-likeness (QED) is 0.824. The Balaban J connectivity index is 1.69. The molecule has 1 aliphatic heterocycles. The summed E-state index contributed by atoms with van der Waals surface area (Å²) in [6, 6.07) is 13.4. The number of carboxylic acid groups (broad SMARTS) is 1. The summed E-state index contributed by atoms with van der Waals surface area (Å²) in [4.78, 5) is 11.1. The normalized spacial score (nSPS) is 19.6. The van der Waals surface area contributed by atoms with Crippen LogP contribution in [0.25, 0.3) is 0 Å². The third kappa shape index (κ3) is 4.27. The number of hydrogen-bond acceptors (Lipinski definition) is 5. The van der Waals surface area contributed by atoms with E-state index in [0.29, 0.717) is 23.9 Å². The van der Waals surface area contributed by atoms with Gasteiger partial charge in [0.15, 0.2) is 11.5 Å². The smallest absolute Gasteiger partial charge is 0.321 e. The van der Waals surface area contributed by atoms with Crippen LogP contribution in [0.3, 0.4) is 0 Å². The first-order chi connectivity index (χ1) is 12.1. The maximum absolute atomic E-state index is 11.1. The topological polar surface area (TPSA) is 67.8 Å². The molecule has 1 fully saturated rings. The van der Waals surface area contributed by atoms with Gasteiger partial charge in [-0.05, 0) is 30.2 Å². The van der Waals surface area contributed by atoms with Crippen LogP contribution in [-0.4, -0.2) is 30.0 Å². The van der Waals surface area contributed by atoms with Crippen molar-refractivity contribution in [1.29, 1.82) is 0 Å². The number of nitrogens with one attached hydrogen (secondary N) is 1. The van der Waals surface area contributed by atoms with E-state index >= 15 is 0 Å². The van der Waals surface area contributed by atoms with E-state index < -0.39 is 12.0 Å². The van der Waals surface area contributed by atoms with Crippen molar-refractivity contribution in [3.8, 4) is 11.5 Å². The molecule has 0 amide bonds. The van der Waals surface area contributed by atoms with Crippen LogP contribution in [0.2, 0.25) is 0 Å². The number of benzene rings is 2. The highest BCUT2D eigenvalue weighted by Crippen LogP contribution is 2.37. The molecule has 2 atom stereocenters. The molecule has 1 saturated heterocycles. The monoisotopic (exact) mass is 359 g/mol. The summed E-state index contributed by atoms with van der Waals surface area (Å²) in [6.45, 7) is 2.52. The molecule has 2 N–H and O–H groups in total. The molecule has 6 heteroatoms. The lowest BCUT2D eigenvalue weighted by molar-refractivity contribution is -0.138. The number of aryl methyl sites for hydroxylation is 1. The van der Waals surface area contributed by atoms with Gasteiger partial charge in [-0.3, -0.25) is 10.1 Å². The van der Waals surface area contributed by atoms with Gasteiger partial charge in [0.2, 0.25) is 0 Å². The fraction of sp³-hybridized carbons (Fsp3) is 0.316. The van der Waals surface area contributed by atoms with Gasteiger partial charge < -0.3 is 14.6 Å². The Morgan fingerprint density at radius 3 is 2.64 bits per heavy atom. The van der Waals surface area contributed by atoms with Crippen LogP contribution in [0, 0.1) is 6.92 Å². The van der Waals surface area contributed by atoms with Gasteiger partial charge in [-0.2, -0.15) is 0 Å². The van der Waals surface area contributed by atoms with Crippen molar-refractivity contribution in [2.75, 3.05) is 12.9 Å². The molecule has 2 aromatic rings. The molecule has 2 unspecified atom stereocenters. The summed E-state index contributed by atoms with van der Waals surface area (Å²) in [6.07, 6.45) is 0. The summed E-state index contributed by atoms with van der Waals surface area (Å²) in [5.74, 6) is 1.05. The zero-order valence-electron chi connectivity index (χ0n) is 14.2. The van der Waals surface area contributed by atoms with Crippen LogP contribution >= 0.6 is 11.8 Å². The van der Waals surface area contributed by atoms with Gasteiger partial charge in [0.1, 0.15) is 12.6 Å². The molecule has 0 saturated carbocycles. The van der Waals surface area contributed by atoms with Crippen molar-refractivity contribution < 1.29 is 19.4 Å². The molecule has 132 valence electrons. The number of carboxylic acids is 1. The lowest BCUT2D eigenvalue weighted by Crippen LogP contribution is -2.33. The molecule has 0 aromatic heterocycles. The maximum Gasteiger partial charge on any atom is 0.321 e. The van der Waals surface area contributed by atoms with Crippen LogP contribution in [0.1, 0.15) is 22.1 Å². The molecule has 1 aliphatic rings. The summed E-state index contributed by atoms with van der Waals surface area (Å²) >= 11 is 1.58. The molecular weight excluding hydrogens is 338 g/mol. The van der Waals surface area contributed by atoms with E-state index in [1.807, 2.05) is 30.3 Å². The van der Waals surface area contributed by atoms with Crippen molar-refractivity contribution in [3.05, 3.63) is 59.2 Å². The lowest BCUT2D eigenvalue weighted by Gasteiger charge is -2.16. The second kappa shape index (κ2) is 7.80. The van der Waals surface area contributed by atoms with E-state index in [0.717, 1.165) is 11.1 Å². The van der Waals surface area contributed by atoms with Crippen LogP contribution in [0.4, 0.5) is 0 Å². The van der Waals surface area contributed by atoms with Crippen molar-refractivity contribution in [2.45, 2.75) is 24.9 Å². The van der Waals surface area contributed by atoms with Crippen LogP contribution in [0.5, 0.6) is 11.5 Å². The number of hydrogen-bond donors (Lipinski definition) is 2. The second-order valence-corrected chi connectivity index (χ2v) is 7.09. The molecule has 3 rings (SSSR count). The summed E-state index contributed by atoms with van der Waals surface area (Å²) in [5, 5.41) is 12.2. The molecule has 0 bridgehead atoms. The number of methoxy groups -OCH3 is 1. The second-order valence-electron chi connectivity index (χ2n) is 5.96. The van der Waals surface area contributed by atoms with Gasteiger partial charge in [-0.1, -0.05) is 35.9 Å². The fourth-order valence-electron chi connectivity index (χ4n) is 2.62. The lowest BCUT2D eigenvalue weighted by atomic mass is 10.1. The first-order valence-electron chi connectivity index (χ1n) is 8.03. The standard InChI is InChI=1S/C19H21NO4S/c1-12-3-5-13(6-4-12)10-24-16-8-7-14(9-17(16)23-2)18-20-15(11-25-18)19(21)22/h3-9,15,18,20H,10-11H2,1-2H3,(H,21,22). The van der Waals surface area contributed by atoms with Crippen LogP contribution < -0.4 is 14.8 Å². The minimum absolute atomic E-state index is 0.0545. The minimum atomic E-state index is -0.819. The van der Waals surface area contributed by atoms with E-state index in [1.54, 1.807) is 18.9 Å². The van der Waals surface area contributed by atoms with Gasteiger partial charge in [-0.25, -0.2) is 0 Å². The highest BCUT2D eigenvalue weighted by Gasteiger charge is 2.30. The first-order valence-corrected chi connectivity index (χ1v) is 9.08. The number of carbonyl (C=O) groups is 1. The fourth-order valence-corrected chi connectivity index (χ4v) is 3.84. The Bertz CT molecular complexity index is 748. The zero-order valence-corrected chi connectivity index (χ0v) is 15.0. The number of ether oxygens (including phenoxy) is 2. The first kappa shape index (κ1) is 17.6. The molecular formula is C19H21NO4S. The molecule has 0 radical (unpaired) electrons. The van der Waals surface area contributed by atoms with E-state index in [4.69, 9.17) is 14.6 Å². The highest BCUT2D eigenvalue weighted by atomic mass is 32.2. The van der Waals surface area contributed by atoms with Crippen molar-refractivity contribution in [1.82, 2.24) is 5.32 Å². The van der Waals surface area contributed by atoms with E-state index in [-0.39, 0.29) is 5.37 Å². The van der Waals surface area contributed by atoms with Gasteiger partial charge in [0.25, 0.3) is 0 Å². The Labute approximate surface area is 151 Å². The largest absolute Gasteiger partial charge is 0.493 e. The average Bonchev–Trinajstić information content (AvgIpc) is 3.11. The predicted molar refractivity (Wildman–Crippen MR) is 98.3 cm³/mol. The van der Waals surface area contributed by atoms with Gasteiger partial charge >= 0.3 is 5.97 Å². The predicted octanol–water partition coefficient (Wildman–Crippen LogP) is 3.37. The summed E-state index contributed by atoms with van der Waals surface area (Å²) in [7, 11) is 1.60. The molecule has 2 aromatic carbocycles. The highest BCUT2D eigenvalue weighted by molar-refractivity contribution is 7.99. The Kier molecular flexibility index (Phi) is 5.50. The maximum atomic E-state index is 11.1. The number of rotatable bonds is 6. The third-order valence-corrected chi connectivity index (χ3v) is 5.35. The average molecular weight is 359 g/mol. The van der Waals surface area contributed by atoms with Crippen LogP contribution in [-0.2, 0) is 11.4 Å². The molecule has 5 nitrogen and oxygen atoms in total. The SMILES string of the molecule is COc1cc(C2NC(C(=O)O)CS2)ccc1OCc1ccc(C)cc1. The van der Waals surface area contributed by atoms with Crippen molar-refractivity contribution >= 4 is 17.7 Å². The van der Waals surface area contributed by atoms with Crippen LogP contribution in [0.15, 0.2) is 42.5 Å². The van der Waals surface area contributed by atoms with E-state index in [9.17, 15) is 4.79 Å². The Hall–Kier alpha value is -2.18. The number of thioether (sulfide) groups is 1. The number of aliphatic carboxylic acids is 1. The summed E-state index contributed by atoms with van der Waals surface area (Å²) < 4.78 is 11.3. The van der Waals surface area contributed by atoms with E-state index in [1.165, 1.54) is 5.56 Å². The molecule has 0 aliphatic carbocycles. The zero-order chi connectivity index (χ0) is 17.8. The van der Waals surface area contributed by atoms with Gasteiger partial charge in [-0.15, -0.1) is 11.8 Å². The Morgan fingerprint density at radius 1 is 1.24 bits per heavy atom. The molecule has 0 spiro atoms. The van der Waals surface area contributed by atoms with Crippen molar-refractivity contribution in [2.24, 2.45) is 0 Å². The summed E-state index contributed by atoms with van der Waals surface area (Å²) in [5.41, 5.74) is 3.29. The minimum Gasteiger partial charge on any atom is -0.493 e. The molecule has 1 heterocycles. The van der Waals surface area contributed by atoms with E-state index in [2.05, 4.69) is 24.4 Å². The third-order valence-electron chi connectivity index (χ3n) is 4.09. The molecule has 25 heavy (non-hydrogen) atoms. The van der Waals surface area contributed by atoms with Gasteiger partial charge in [0, 0.05) is 5.75 Å². The van der Waals surface area contributed by atoms with Crippen molar-refractivity contribution in [3.63, 3.8) is 0 Å². The van der Waals surface area contributed by atoms with Gasteiger partial charge in [0.05, 0.1) is 12.5 Å². The Morgan fingerprint density at radius 2 is 2.00 bits per heavy atom.